The smallest absolute Gasteiger partial charge is 0.264 e. The van der Waals surface area contributed by atoms with Crippen molar-refractivity contribution < 1.29 is 13.2 Å². The number of piperidine rings is 1. The molecule has 0 spiro atoms. The maximum Gasteiger partial charge on any atom is 0.264 e. The van der Waals surface area contributed by atoms with Crippen LogP contribution in [0.15, 0.2) is 11.4 Å². The quantitative estimate of drug-likeness (QED) is 0.823. The lowest BCUT2D eigenvalue weighted by Crippen LogP contribution is -2.48. The second-order valence-corrected chi connectivity index (χ2v) is 8.47. The summed E-state index contributed by atoms with van der Waals surface area (Å²) in [6.45, 7) is 5.64. The molecule has 0 aromatic carbocycles. The Morgan fingerprint density at radius 1 is 1.36 bits per heavy atom. The van der Waals surface area contributed by atoms with E-state index in [0.717, 1.165) is 16.9 Å². The summed E-state index contributed by atoms with van der Waals surface area (Å²) >= 11 is 1.49. The maximum atomic E-state index is 12.6. The van der Waals surface area contributed by atoms with Crippen LogP contribution in [0.25, 0.3) is 0 Å². The highest BCUT2D eigenvalue weighted by atomic mass is 32.2. The molecule has 0 radical (unpaired) electrons. The number of nitrogens with zero attached hydrogens (tertiary/aromatic N) is 2. The number of rotatable bonds is 5. The first-order valence-electron chi connectivity index (χ1n) is 7.70. The van der Waals surface area contributed by atoms with Gasteiger partial charge in [-0.1, -0.05) is 13.8 Å². The van der Waals surface area contributed by atoms with Crippen molar-refractivity contribution in [3.63, 3.8) is 0 Å². The molecule has 0 N–H and O–H groups in total. The van der Waals surface area contributed by atoms with E-state index in [2.05, 4.69) is 6.92 Å². The molecule has 0 atom stereocenters. The molecule has 1 saturated heterocycles. The monoisotopic (exact) mass is 344 g/mol. The summed E-state index contributed by atoms with van der Waals surface area (Å²) in [6, 6.07) is 2.02. The highest BCUT2D eigenvalue weighted by Gasteiger charge is 2.31. The van der Waals surface area contributed by atoms with Crippen LogP contribution in [0.3, 0.4) is 0 Å². The van der Waals surface area contributed by atoms with E-state index in [1.54, 1.807) is 4.31 Å². The normalized spacial score (nSPS) is 17.2. The van der Waals surface area contributed by atoms with E-state index < -0.39 is 10.0 Å². The van der Waals surface area contributed by atoms with E-state index in [9.17, 15) is 13.2 Å². The molecule has 1 amide bonds. The van der Waals surface area contributed by atoms with Gasteiger partial charge in [0.1, 0.15) is 0 Å². The van der Waals surface area contributed by atoms with Crippen LogP contribution in [0.2, 0.25) is 0 Å². The molecule has 1 aromatic rings. The number of thiophene rings is 1. The van der Waals surface area contributed by atoms with E-state index in [1.165, 1.54) is 17.6 Å². The van der Waals surface area contributed by atoms with Crippen molar-refractivity contribution in [1.82, 2.24) is 9.21 Å². The van der Waals surface area contributed by atoms with Crippen molar-refractivity contribution in [2.45, 2.75) is 39.2 Å². The first-order chi connectivity index (χ1) is 10.4. The summed E-state index contributed by atoms with van der Waals surface area (Å²) in [4.78, 5) is 15.3. The number of likely N-dealkylation sites (tertiary alicyclic amines) is 1. The molecule has 1 aliphatic heterocycles. The second-order valence-electron chi connectivity index (χ2n) is 5.62. The topological polar surface area (TPSA) is 57.7 Å². The summed E-state index contributed by atoms with van der Waals surface area (Å²) in [5, 5.41) is 1.96. The maximum absolute atomic E-state index is 12.6. The van der Waals surface area contributed by atoms with Gasteiger partial charge < -0.3 is 4.90 Å². The Kier molecular flexibility index (Phi) is 5.63. The van der Waals surface area contributed by atoms with E-state index in [1.807, 2.05) is 23.3 Å². The SMILES string of the molecule is CCc1ccsc1C(=O)N1CCC(N(CC)S(C)(=O)=O)CC1. The Bertz CT molecular complexity index is 616. The Hall–Kier alpha value is -0.920. The number of carbonyl (C=O) groups excluding carboxylic acids is 1. The molecule has 124 valence electrons. The predicted octanol–water partition coefficient (Wildman–Crippen LogP) is 2.20. The van der Waals surface area contributed by atoms with Crippen molar-refractivity contribution in [3.8, 4) is 0 Å². The van der Waals surface area contributed by atoms with Gasteiger partial charge >= 0.3 is 0 Å². The first-order valence-corrected chi connectivity index (χ1v) is 10.4. The van der Waals surface area contributed by atoms with Gasteiger partial charge in [0.05, 0.1) is 11.1 Å². The lowest BCUT2D eigenvalue weighted by molar-refractivity contribution is 0.0684. The summed E-state index contributed by atoms with van der Waals surface area (Å²) < 4.78 is 25.1. The molecule has 2 rings (SSSR count). The number of carbonyl (C=O) groups is 1. The molecular weight excluding hydrogens is 320 g/mol. The summed E-state index contributed by atoms with van der Waals surface area (Å²) in [6.07, 6.45) is 3.53. The standard InChI is InChI=1S/C15H24N2O3S2/c1-4-12-8-11-21-14(12)15(18)16-9-6-13(7-10-16)17(5-2)22(3,19)20/h8,11,13H,4-7,9-10H2,1-3H3. The van der Waals surface area contributed by atoms with Crippen LogP contribution in [0.4, 0.5) is 0 Å². The molecule has 0 bridgehead atoms. The zero-order valence-electron chi connectivity index (χ0n) is 13.4. The van der Waals surface area contributed by atoms with Gasteiger partial charge in [-0.2, -0.15) is 4.31 Å². The molecule has 1 aromatic heterocycles. The van der Waals surface area contributed by atoms with Crippen LogP contribution in [0.1, 0.15) is 41.9 Å². The fourth-order valence-electron chi connectivity index (χ4n) is 3.07. The number of hydrogen-bond acceptors (Lipinski definition) is 4. The summed E-state index contributed by atoms with van der Waals surface area (Å²) in [5.41, 5.74) is 1.10. The van der Waals surface area contributed by atoms with Gasteiger partial charge in [-0.05, 0) is 36.3 Å². The number of sulfonamides is 1. The molecule has 22 heavy (non-hydrogen) atoms. The molecule has 1 aliphatic rings. The van der Waals surface area contributed by atoms with E-state index in [-0.39, 0.29) is 11.9 Å². The second kappa shape index (κ2) is 7.10. The molecule has 2 heterocycles. The Labute approximate surface area is 137 Å². The van der Waals surface area contributed by atoms with Crippen LogP contribution >= 0.6 is 11.3 Å². The molecule has 1 fully saturated rings. The third-order valence-electron chi connectivity index (χ3n) is 4.22. The number of hydrogen-bond donors (Lipinski definition) is 0. The van der Waals surface area contributed by atoms with Crippen molar-refractivity contribution in [2.24, 2.45) is 0 Å². The zero-order valence-corrected chi connectivity index (χ0v) is 15.0. The molecular formula is C15H24N2O3S2. The Morgan fingerprint density at radius 3 is 2.50 bits per heavy atom. The largest absolute Gasteiger partial charge is 0.338 e. The van der Waals surface area contributed by atoms with Crippen molar-refractivity contribution in [1.29, 1.82) is 0 Å². The summed E-state index contributed by atoms with van der Waals surface area (Å²) in [7, 11) is -3.17. The highest BCUT2D eigenvalue weighted by Crippen LogP contribution is 2.24. The lowest BCUT2D eigenvalue weighted by atomic mass is 10.0. The van der Waals surface area contributed by atoms with Gasteiger partial charge in [0.15, 0.2) is 0 Å². The van der Waals surface area contributed by atoms with E-state index >= 15 is 0 Å². The van der Waals surface area contributed by atoms with Crippen LogP contribution in [0, 0.1) is 0 Å². The van der Waals surface area contributed by atoms with Crippen LogP contribution in [-0.2, 0) is 16.4 Å². The minimum Gasteiger partial charge on any atom is -0.338 e. The average Bonchev–Trinajstić information content (AvgIpc) is 2.95. The van der Waals surface area contributed by atoms with Crippen molar-refractivity contribution >= 4 is 27.3 Å². The molecule has 7 heteroatoms. The first kappa shape index (κ1) is 17.4. The predicted molar refractivity (Wildman–Crippen MR) is 89.8 cm³/mol. The third kappa shape index (κ3) is 3.70. The fraction of sp³-hybridized carbons (Fsp3) is 0.667. The number of aryl methyl sites for hydroxylation is 1. The van der Waals surface area contributed by atoms with E-state index in [0.29, 0.717) is 32.5 Å². The van der Waals surface area contributed by atoms with Crippen molar-refractivity contribution in [3.05, 3.63) is 21.9 Å². The molecule has 0 aliphatic carbocycles. The van der Waals surface area contributed by atoms with Gasteiger partial charge in [-0.3, -0.25) is 4.79 Å². The average molecular weight is 345 g/mol. The third-order valence-corrected chi connectivity index (χ3v) is 6.57. The molecule has 5 nitrogen and oxygen atoms in total. The van der Waals surface area contributed by atoms with Gasteiger partial charge in [-0.15, -0.1) is 11.3 Å². The molecule has 0 saturated carbocycles. The zero-order chi connectivity index (χ0) is 16.3. The van der Waals surface area contributed by atoms with Crippen LogP contribution in [0.5, 0.6) is 0 Å². The van der Waals surface area contributed by atoms with Gasteiger partial charge in [0.2, 0.25) is 10.0 Å². The Balaban J connectivity index is 2.02. The summed E-state index contributed by atoms with van der Waals surface area (Å²) in [5.74, 6) is 0.0905. The fourth-order valence-corrected chi connectivity index (χ4v) is 5.25. The van der Waals surface area contributed by atoms with Crippen molar-refractivity contribution in [2.75, 3.05) is 25.9 Å². The van der Waals surface area contributed by atoms with Crippen LogP contribution < -0.4 is 0 Å². The number of amides is 1. The van der Waals surface area contributed by atoms with Gasteiger partial charge in [0, 0.05) is 25.7 Å². The molecule has 0 unspecified atom stereocenters. The van der Waals surface area contributed by atoms with E-state index in [4.69, 9.17) is 0 Å². The van der Waals surface area contributed by atoms with Gasteiger partial charge in [0.25, 0.3) is 5.91 Å². The Morgan fingerprint density at radius 2 is 2.00 bits per heavy atom. The minimum atomic E-state index is -3.17. The van der Waals surface area contributed by atoms with Crippen LogP contribution in [-0.4, -0.2) is 55.5 Å². The highest BCUT2D eigenvalue weighted by molar-refractivity contribution is 7.88. The lowest BCUT2D eigenvalue weighted by Gasteiger charge is -2.36. The minimum absolute atomic E-state index is 0.0121. The van der Waals surface area contributed by atoms with Gasteiger partial charge in [-0.25, -0.2) is 8.42 Å².